The van der Waals surface area contributed by atoms with Crippen molar-refractivity contribution in [1.29, 1.82) is 0 Å². The molecule has 2 rings (SSSR count). The predicted octanol–water partition coefficient (Wildman–Crippen LogP) is 1.56. The highest BCUT2D eigenvalue weighted by Gasteiger charge is 2.29. The minimum absolute atomic E-state index is 0.127. The first-order valence-electron chi connectivity index (χ1n) is 6.96. The van der Waals surface area contributed by atoms with Crippen molar-refractivity contribution in [1.82, 2.24) is 10.2 Å². The van der Waals surface area contributed by atoms with Crippen LogP contribution >= 0.6 is 0 Å². The Hall–Kier alpha value is -0.770. The molecule has 0 bridgehead atoms. The van der Waals surface area contributed by atoms with Crippen molar-refractivity contribution in [2.75, 3.05) is 19.6 Å². The van der Waals surface area contributed by atoms with Gasteiger partial charge >= 0.3 is 6.03 Å². The van der Waals surface area contributed by atoms with Crippen LogP contribution in [0, 0.1) is 11.8 Å². The highest BCUT2D eigenvalue weighted by atomic mass is 16.2. The molecule has 0 aromatic heterocycles. The summed E-state index contributed by atoms with van der Waals surface area (Å²) >= 11 is 0. The minimum Gasteiger partial charge on any atom is -0.335 e. The van der Waals surface area contributed by atoms with Gasteiger partial charge in [-0.05, 0) is 37.6 Å². The van der Waals surface area contributed by atoms with Crippen molar-refractivity contribution in [2.24, 2.45) is 17.6 Å². The molecule has 2 unspecified atom stereocenters. The second kappa shape index (κ2) is 5.71. The van der Waals surface area contributed by atoms with Crippen molar-refractivity contribution >= 4 is 6.03 Å². The summed E-state index contributed by atoms with van der Waals surface area (Å²) in [5.74, 6) is 1.12. The van der Waals surface area contributed by atoms with Crippen LogP contribution in [0.2, 0.25) is 0 Å². The molecule has 1 saturated carbocycles. The molecule has 1 aliphatic heterocycles. The Labute approximate surface area is 104 Å². The second-order valence-electron chi connectivity index (χ2n) is 5.64. The van der Waals surface area contributed by atoms with E-state index in [-0.39, 0.29) is 6.03 Å². The van der Waals surface area contributed by atoms with Crippen molar-refractivity contribution < 1.29 is 4.79 Å². The molecular formula is C13H25N3O. The lowest BCUT2D eigenvalue weighted by Gasteiger charge is -2.37. The summed E-state index contributed by atoms with van der Waals surface area (Å²) in [6, 6.07) is 0.542. The van der Waals surface area contributed by atoms with Gasteiger partial charge in [0.2, 0.25) is 0 Å². The Morgan fingerprint density at radius 3 is 2.71 bits per heavy atom. The molecular weight excluding hydrogens is 214 g/mol. The standard InChI is InChI=1S/C13H25N3O/c1-10-6-7-16(9-11(10)8-14)13(17)15-12-4-2-3-5-12/h10-12H,2-9,14H2,1H3,(H,15,17). The van der Waals surface area contributed by atoms with E-state index in [2.05, 4.69) is 12.2 Å². The van der Waals surface area contributed by atoms with E-state index in [9.17, 15) is 4.79 Å². The summed E-state index contributed by atoms with van der Waals surface area (Å²) in [4.78, 5) is 14.1. The molecule has 3 N–H and O–H groups in total. The number of rotatable bonds is 2. The second-order valence-corrected chi connectivity index (χ2v) is 5.64. The lowest BCUT2D eigenvalue weighted by molar-refractivity contribution is 0.138. The van der Waals surface area contributed by atoms with E-state index >= 15 is 0 Å². The number of hydrogen-bond donors (Lipinski definition) is 2. The number of piperidine rings is 1. The third-order valence-electron chi connectivity index (χ3n) is 4.39. The van der Waals surface area contributed by atoms with Gasteiger partial charge in [0, 0.05) is 19.1 Å². The van der Waals surface area contributed by atoms with Crippen LogP contribution in [0.25, 0.3) is 0 Å². The predicted molar refractivity (Wildman–Crippen MR) is 68.7 cm³/mol. The van der Waals surface area contributed by atoms with E-state index < -0.39 is 0 Å². The van der Waals surface area contributed by atoms with E-state index in [0.717, 1.165) is 32.4 Å². The van der Waals surface area contributed by atoms with Gasteiger partial charge in [-0.15, -0.1) is 0 Å². The molecule has 1 aliphatic carbocycles. The van der Waals surface area contributed by atoms with Crippen molar-refractivity contribution in [3.8, 4) is 0 Å². The number of likely N-dealkylation sites (tertiary alicyclic amines) is 1. The zero-order chi connectivity index (χ0) is 12.3. The molecule has 2 fully saturated rings. The van der Waals surface area contributed by atoms with E-state index in [4.69, 9.17) is 5.73 Å². The van der Waals surface area contributed by atoms with Gasteiger partial charge in [-0.1, -0.05) is 19.8 Å². The maximum absolute atomic E-state index is 12.1. The van der Waals surface area contributed by atoms with Gasteiger partial charge < -0.3 is 16.0 Å². The SMILES string of the molecule is CC1CCN(C(=O)NC2CCCC2)CC1CN. The topological polar surface area (TPSA) is 58.4 Å². The van der Waals surface area contributed by atoms with Gasteiger partial charge in [-0.25, -0.2) is 4.79 Å². The highest BCUT2D eigenvalue weighted by Crippen LogP contribution is 2.23. The third kappa shape index (κ3) is 3.12. The van der Waals surface area contributed by atoms with Gasteiger partial charge in [-0.3, -0.25) is 0 Å². The molecule has 4 nitrogen and oxygen atoms in total. The van der Waals surface area contributed by atoms with Crippen LogP contribution < -0.4 is 11.1 Å². The van der Waals surface area contributed by atoms with Crippen LogP contribution in [0.5, 0.6) is 0 Å². The van der Waals surface area contributed by atoms with Crippen LogP contribution in [0.4, 0.5) is 4.79 Å². The van der Waals surface area contributed by atoms with Gasteiger partial charge in [0.05, 0.1) is 0 Å². The minimum atomic E-state index is 0.127. The molecule has 2 aliphatic rings. The van der Waals surface area contributed by atoms with Crippen molar-refractivity contribution in [3.63, 3.8) is 0 Å². The zero-order valence-corrected chi connectivity index (χ0v) is 10.8. The van der Waals surface area contributed by atoms with Crippen molar-refractivity contribution in [3.05, 3.63) is 0 Å². The largest absolute Gasteiger partial charge is 0.335 e. The smallest absolute Gasteiger partial charge is 0.317 e. The van der Waals surface area contributed by atoms with Crippen LogP contribution in [0.1, 0.15) is 39.0 Å². The number of nitrogens with two attached hydrogens (primary N) is 1. The lowest BCUT2D eigenvalue weighted by Crippen LogP contribution is -2.51. The zero-order valence-electron chi connectivity index (χ0n) is 10.8. The van der Waals surface area contributed by atoms with E-state index in [0.29, 0.717) is 24.4 Å². The molecule has 17 heavy (non-hydrogen) atoms. The fourth-order valence-corrected chi connectivity index (χ4v) is 2.98. The molecule has 0 spiro atoms. The van der Waals surface area contributed by atoms with Crippen LogP contribution in [0.3, 0.4) is 0 Å². The maximum Gasteiger partial charge on any atom is 0.317 e. The fourth-order valence-electron chi connectivity index (χ4n) is 2.98. The Kier molecular flexibility index (Phi) is 4.26. The van der Waals surface area contributed by atoms with Crippen LogP contribution in [0.15, 0.2) is 0 Å². The molecule has 98 valence electrons. The quantitative estimate of drug-likeness (QED) is 0.768. The number of carbonyl (C=O) groups is 1. The summed E-state index contributed by atoms with van der Waals surface area (Å²) in [5, 5.41) is 3.15. The molecule has 2 amide bonds. The first-order chi connectivity index (χ1) is 8.20. The Morgan fingerprint density at radius 1 is 1.35 bits per heavy atom. The lowest BCUT2D eigenvalue weighted by atomic mass is 9.87. The Balaban J connectivity index is 1.82. The summed E-state index contributed by atoms with van der Waals surface area (Å²) in [6.45, 7) is 4.64. The number of carbonyl (C=O) groups excluding carboxylic acids is 1. The van der Waals surface area contributed by atoms with E-state index in [1.165, 1.54) is 12.8 Å². The molecule has 0 aromatic rings. The average Bonchev–Trinajstić information content (AvgIpc) is 2.82. The Bertz CT molecular complexity index is 263. The Morgan fingerprint density at radius 2 is 2.06 bits per heavy atom. The summed E-state index contributed by atoms with van der Waals surface area (Å²) in [5.41, 5.74) is 5.76. The van der Waals surface area contributed by atoms with Gasteiger partial charge in [0.25, 0.3) is 0 Å². The summed E-state index contributed by atoms with van der Waals surface area (Å²) in [6.07, 6.45) is 5.90. The molecule has 1 heterocycles. The third-order valence-corrected chi connectivity index (χ3v) is 4.39. The summed E-state index contributed by atoms with van der Waals surface area (Å²) < 4.78 is 0. The van der Waals surface area contributed by atoms with E-state index in [1.54, 1.807) is 0 Å². The number of hydrogen-bond acceptors (Lipinski definition) is 2. The van der Waals surface area contributed by atoms with E-state index in [1.807, 2.05) is 4.90 Å². The fraction of sp³-hybridized carbons (Fsp3) is 0.923. The maximum atomic E-state index is 12.1. The van der Waals surface area contributed by atoms with Gasteiger partial charge in [0.15, 0.2) is 0 Å². The number of nitrogens with zero attached hydrogens (tertiary/aromatic N) is 1. The van der Waals surface area contributed by atoms with Gasteiger partial charge in [-0.2, -0.15) is 0 Å². The first kappa shape index (κ1) is 12.7. The average molecular weight is 239 g/mol. The monoisotopic (exact) mass is 239 g/mol. The van der Waals surface area contributed by atoms with Crippen LogP contribution in [-0.4, -0.2) is 36.6 Å². The molecule has 2 atom stereocenters. The first-order valence-corrected chi connectivity index (χ1v) is 6.96. The number of urea groups is 1. The summed E-state index contributed by atoms with van der Waals surface area (Å²) in [7, 11) is 0. The molecule has 1 saturated heterocycles. The van der Waals surface area contributed by atoms with Gasteiger partial charge in [0.1, 0.15) is 0 Å². The molecule has 0 aromatic carbocycles. The number of nitrogens with one attached hydrogen (secondary N) is 1. The number of amides is 2. The highest BCUT2D eigenvalue weighted by molar-refractivity contribution is 5.74. The van der Waals surface area contributed by atoms with Crippen LogP contribution in [-0.2, 0) is 0 Å². The molecule has 4 heteroatoms. The molecule has 0 radical (unpaired) electrons. The normalized spacial score (nSPS) is 30.6. The van der Waals surface area contributed by atoms with Crippen molar-refractivity contribution in [2.45, 2.75) is 45.1 Å².